The van der Waals surface area contributed by atoms with Gasteiger partial charge in [0.2, 0.25) is 11.8 Å². The largest absolute Gasteiger partial charge is 0.342 e. The van der Waals surface area contributed by atoms with Crippen LogP contribution in [0.1, 0.15) is 44.9 Å². The number of carbonyl (C=O) groups excluding carboxylic acids is 2. The van der Waals surface area contributed by atoms with E-state index in [0.29, 0.717) is 31.0 Å². The predicted octanol–water partition coefficient (Wildman–Crippen LogP) is 1.33. The fourth-order valence-electron chi connectivity index (χ4n) is 4.85. The average Bonchev–Trinajstić information content (AvgIpc) is 2.91. The first-order valence-electron chi connectivity index (χ1n) is 9.42. The third-order valence-corrected chi connectivity index (χ3v) is 6.34. The third kappa shape index (κ3) is 3.00. The maximum Gasteiger partial charge on any atom is 0.228 e. The van der Waals surface area contributed by atoms with Crippen molar-refractivity contribution in [3.8, 4) is 0 Å². The first kappa shape index (κ1) is 15.4. The molecular formula is C18H29N3O2. The Hall–Kier alpha value is -1.10. The van der Waals surface area contributed by atoms with Crippen molar-refractivity contribution >= 4 is 11.8 Å². The number of rotatable bonds is 4. The molecule has 0 N–H and O–H groups in total. The minimum atomic E-state index is -0.0893. The minimum absolute atomic E-state index is 0.0893. The van der Waals surface area contributed by atoms with Crippen molar-refractivity contribution < 1.29 is 9.59 Å². The summed E-state index contributed by atoms with van der Waals surface area (Å²) in [5.74, 6) is 1.07. The second-order valence-corrected chi connectivity index (χ2v) is 8.07. The number of nitrogens with zero attached hydrogens (tertiary/aromatic N) is 3. The van der Waals surface area contributed by atoms with Crippen LogP contribution in [0.2, 0.25) is 0 Å². The molecule has 1 aliphatic carbocycles. The molecule has 23 heavy (non-hydrogen) atoms. The van der Waals surface area contributed by atoms with Gasteiger partial charge >= 0.3 is 0 Å². The summed E-state index contributed by atoms with van der Waals surface area (Å²) in [7, 11) is 2.19. The van der Waals surface area contributed by atoms with E-state index in [1.54, 1.807) is 0 Å². The summed E-state index contributed by atoms with van der Waals surface area (Å²) in [6.07, 6.45) is 7.66. The molecule has 5 heteroatoms. The van der Waals surface area contributed by atoms with Crippen LogP contribution in [0, 0.1) is 11.8 Å². The summed E-state index contributed by atoms with van der Waals surface area (Å²) in [6, 6.07) is 0.906. The highest BCUT2D eigenvalue weighted by molar-refractivity contribution is 5.89. The first-order valence-corrected chi connectivity index (χ1v) is 9.42. The molecule has 0 aromatic heterocycles. The van der Waals surface area contributed by atoms with Crippen molar-refractivity contribution in [2.75, 3.05) is 33.2 Å². The summed E-state index contributed by atoms with van der Waals surface area (Å²) in [5.41, 5.74) is 0. The number of hydrogen-bond acceptors (Lipinski definition) is 3. The van der Waals surface area contributed by atoms with Crippen molar-refractivity contribution in [3.05, 3.63) is 0 Å². The summed E-state index contributed by atoms with van der Waals surface area (Å²) in [5, 5.41) is 0. The van der Waals surface area contributed by atoms with Crippen LogP contribution in [0.3, 0.4) is 0 Å². The molecule has 0 bridgehead atoms. The van der Waals surface area contributed by atoms with E-state index < -0.39 is 0 Å². The van der Waals surface area contributed by atoms with E-state index >= 15 is 0 Å². The van der Waals surface area contributed by atoms with Crippen LogP contribution in [0.15, 0.2) is 0 Å². The van der Waals surface area contributed by atoms with Gasteiger partial charge in [-0.2, -0.15) is 0 Å². The number of likely N-dealkylation sites (N-methyl/N-ethyl adjacent to an activating group) is 1. The Balaban J connectivity index is 1.40. The molecule has 4 rings (SSSR count). The zero-order valence-corrected chi connectivity index (χ0v) is 14.2. The number of carbonyl (C=O) groups is 2. The van der Waals surface area contributed by atoms with Crippen LogP contribution in [0.25, 0.3) is 0 Å². The number of likely N-dealkylation sites (tertiary alicyclic amines) is 3. The maximum absolute atomic E-state index is 13.0. The van der Waals surface area contributed by atoms with E-state index in [2.05, 4.69) is 16.8 Å². The standard InChI is InChI=1S/C18H29N3O2/c1-19-8-2-4-15(19)16-5-3-9-21(16)18(23)14-10-17(22)20(12-14)11-13-6-7-13/h13-16H,2-12H2,1H3/t14-,15+,16+/m0/s1. The van der Waals surface area contributed by atoms with E-state index in [-0.39, 0.29) is 17.7 Å². The molecule has 2 amide bonds. The third-order valence-electron chi connectivity index (χ3n) is 6.34. The lowest BCUT2D eigenvalue weighted by Gasteiger charge is -2.34. The fraction of sp³-hybridized carbons (Fsp3) is 0.889. The number of amides is 2. The van der Waals surface area contributed by atoms with E-state index in [1.807, 2.05) is 4.90 Å². The lowest BCUT2D eigenvalue weighted by Crippen LogP contribution is -2.49. The van der Waals surface area contributed by atoms with Gasteiger partial charge in [0, 0.05) is 38.1 Å². The Labute approximate surface area is 139 Å². The zero-order chi connectivity index (χ0) is 16.0. The lowest BCUT2D eigenvalue weighted by atomic mass is 10.0. The van der Waals surface area contributed by atoms with E-state index in [1.165, 1.54) is 25.7 Å². The number of hydrogen-bond donors (Lipinski definition) is 0. The first-order chi connectivity index (χ1) is 11.1. The van der Waals surface area contributed by atoms with Gasteiger partial charge in [-0.3, -0.25) is 9.59 Å². The Morgan fingerprint density at radius 3 is 2.52 bits per heavy atom. The summed E-state index contributed by atoms with van der Waals surface area (Å²) in [6.45, 7) is 3.59. The van der Waals surface area contributed by atoms with Gasteiger partial charge in [-0.15, -0.1) is 0 Å². The molecule has 0 aromatic carbocycles. The second kappa shape index (κ2) is 6.08. The summed E-state index contributed by atoms with van der Waals surface area (Å²) >= 11 is 0. The summed E-state index contributed by atoms with van der Waals surface area (Å²) < 4.78 is 0. The topological polar surface area (TPSA) is 43.9 Å². The smallest absolute Gasteiger partial charge is 0.228 e. The van der Waals surface area contributed by atoms with Crippen LogP contribution in [-0.4, -0.2) is 71.8 Å². The molecule has 3 saturated heterocycles. The second-order valence-electron chi connectivity index (χ2n) is 8.07. The van der Waals surface area contributed by atoms with Crippen molar-refractivity contribution in [3.63, 3.8) is 0 Å². The molecule has 0 spiro atoms. The van der Waals surface area contributed by atoms with Gasteiger partial charge in [0.25, 0.3) is 0 Å². The maximum atomic E-state index is 13.0. The van der Waals surface area contributed by atoms with Crippen molar-refractivity contribution in [1.29, 1.82) is 0 Å². The quantitative estimate of drug-likeness (QED) is 0.785. The molecule has 0 unspecified atom stereocenters. The normalized spacial score (nSPS) is 35.5. The molecule has 3 aliphatic heterocycles. The molecule has 128 valence electrons. The van der Waals surface area contributed by atoms with Gasteiger partial charge in [-0.05, 0) is 58.0 Å². The monoisotopic (exact) mass is 319 g/mol. The Morgan fingerprint density at radius 1 is 1.09 bits per heavy atom. The highest BCUT2D eigenvalue weighted by atomic mass is 16.2. The lowest BCUT2D eigenvalue weighted by molar-refractivity contribution is -0.137. The van der Waals surface area contributed by atoms with E-state index in [0.717, 1.165) is 32.5 Å². The van der Waals surface area contributed by atoms with E-state index in [4.69, 9.17) is 0 Å². The molecule has 3 atom stereocenters. The fourth-order valence-corrected chi connectivity index (χ4v) is 4.85. The molecule has 1 saturated carbocycles. The van der Waals surface area contributed by atoms with Crippen LogP contribution >= 0.6 is 0 Å². The predicted molar refractivity (Wildman–Crippen MR) is 87.8 cm³/mol. The molecule has 4 fully saturated rings. The van der Waals surface area contributed by atoms with Gasteiger partial charge in [-0.1, -0.05) is 0 Å². The van der Waals surface area contributed by atoms with Crippen LogP contribution in [0.4, 0.5) is 0 Å². The molecule has 3 heterocycles. The van der Waals surface area contributed by atoms with Crippen molar-refractivity contribution in [2.24, 2.45) is 11.8 Å². The van der Waals surface area contributed by atoms with Gasteiger partial charge in [0.15, 0.2) is 0 Å². The van der Waals surface area contributed by atoms with Gasteiger partial charge in [0.1, 0.15) is 0 Å². The molecule has 5 nitrogen and oxygen atoms in total. The van der Waals surface area contributed by atoms with Gasteiger partial charge in [0.05, 0.1) is 5.92 Å². The molecule has 0 aromatic rings. The van der Waals surface area contributed by atoms with Crippen LogP contribution in [0.5, 0.6) is 0 Å². The average molecular weight is 319 g/mol. The van der Waals surface area contributed by atoms with Crippen LogP contribution < -0.4 is 0 Å². The summed E-state index contributed by atoms with van der Waals surface area (Å²) in [4.78, 5) is 31.8. The Kier molecular flexibility index (Phi) is 4.08. The molecule has 4 aliphatic rings. The molecule has 0 radical (unpaired) electrons. The van der Waals surface area contributed by atoms with Gasteiger partial charge < -0.3 is 14.7 Å². The zero-order valence-electron chi connectivity index (χ0n) is 14.2. The highest BCUT2D eigenvalue weighted by Gasteiger charge is 2.43. The SMILES string of the molecule is CN1CCC[C@@H]1[C@H]1CCCN1C(=O)[C@H]1CC(=O)N(CC2CC2)C1. The van der Waals surface area contributed by atoms with Crippen molar-refractivity contribution in [1.82, 2.24) is 14.7 Å². The Bertz CT molecular complexity index is 491. The van der Waals surface area contributed by atoms with Crippen molar-refractivity contribution in [2.45, 2.75) is 57.0 Å². The highest BCUT2D eigenvalue weighted by Crippen LogP contribution is 2.34. The molecular weight excluding hydrogens is 290 g/mol. The minimum Gasteiger partial charge on any atom is -0.342 e. The van der Waals surface area contributed by atoms with Crippen LogP contribution in [-0.2, 0) is 9.59 Å². The Morgan fingerprint density at radius 2 is 1.83 bits per heavy atom. The van der Waals surface area contributed by atoms with Gasteiger partial charge in [-0.25, -0.2) is 0 Å². The van der Waals surface area contributed by atoms with E-state index in [9.17, 15) is 9.59 Å².